The first kappa shape index (κ1) is 25.4. The molecule has 1 aliphatic rings. The zero-order valence-electron chi connectivity index (χ0n) is 20.0. The second kappa shape index (κ2) is 9.75. The molecule has 2 aromatic carbocycles. The highest BCUT2D eigenvalue weighted by Gasteiger charge is 2.56. The number of hydrogen-bond acceptors (Lipinski definition) is 5. The van der Waals surface area contributed by atoms with Crippen LogP contribution in [0, 0.1) is 6.92 Å². The number of carbonyl (C=O) groups excluding carboxylic acids is 2. The van der Waals surface area contributed by atoms with Crippen molar-refractivity contribution in [3.8, 4) is 0 Å². The molecule has 0 unspecified atom stereocenters. The van der Waals surface area contributed by atoms with Gasteiger partial charge in [0.15, 0.2) is 5.60 Å². The lowest BCUT2D eigenvalue weighted by Gasteiger charge is -2.33. The Morgan fingerprint density at radius 1 is 1.14 bits per heavy atom. The molecule has 0 radical (unpaired) electrons. The lowest BCUT2D eigenvalue weighted by Crippen LogP contribution is -2.48. The van der Waals surface area contributed by atoms with Gasteiger partial charge >= 0.3 is 0 Å². The van der Waals surface area contributed by atoms with Crippen molar-refractivity contribution in [1.82, 2.24) is 4.98 Å². The number of halogens is 2. The summed E-state index contributed by atoms with van der Waals surface area (Å²) in [5, 5.41) is 23.2. The van der Waals surface area contributed by atoms with E-state index >= 15 is 0 Å². The van der Waals surface area contributed by atoms with Crippen molar-refractivity contribution in [3.05, 3.63) is 88.6 Å². The molecular weight excluding hydrogens is 468 g/mol. The Kier molecular flexibility index (Phi) is 6.88. The maximum absolute atomic E-state index is 14.9. The van der Waals surface area contributed by atoms with Gasteiger partial charge in [-0.05, 0) is 43.2 Å². The molecule has 9 heteroatoms. The molecular formula is C27H27F2N3O4. The molecule has 0 saturated carbocycles. The van der Waals surface area contributed by atoms with Gasteiger partial charge in [0.25, 0.3) is 17.7 Å². The fourth-order valence-corrected chi connectivity index (χ4v) is 4.39. The fraction of sp³-hybridized carbons (Fsp3) is 0.296. The van der Waals surface area contributed by atoms with E-state index in [1.165, 1.54) is 30.5 Å². The number of nitrogens with one attached hydrogen (secondary N) is 1. The van der Waals surface area contributed by atoms with Gasteiger partial charge in [-0.25, -0.2) is 13.8 Å². The number of anilines is 2. The number of benzene rings is 2. The maximum Gasteiger partial charge on any atom is 0.284 e. The van der Waals surface area contributed by atoms with Crippen molar-refractivity contribution < 1.29 is 28.6 Å². The number of rotatable bonds is 5. The lowest BCUT2D eigenvalue weighted by molar-refractivity contribution is -0.205. The molecule has 3 N–H and O–H groups in total. The van der Waals surface area contributed by atoms with Crippen LogP contribution in [0.25, 0.3) is 0 Å². The summed E-state index contributed by atoms with van der Waals surface area (Å²) in [4.78, 5) is 31.4. The Morgan fingerprint density at radius 3 is 2.56 bits per heavy atom. The average Bonchev–Trinajstić information content (AvgIpc) is 2.96. The molecule has 2 amide bonds. The van der Waals surface area contributed by atoms with Crippen molar-refractivity contribution in [1.29, 1.82) is 0 Å². The highest BCUT2D eigenvalue weighted by Crippen LogP contribution is 2.47. The molecule has 0 spiro atoms. The Morgan fingerprint density at radius 2 is 1.89 bits per heavy atom. The third-order valence-corrected chi connectivity index (χ3v) is 6.51. The van der Waals surface area contributed by atoms with E-state index in [0.29, 0.717) is 17.5 Å². The quantitative estimate of drug-likeness (QED) is 0.495. The lowest BCUT2D eigenvalue weighted by atomic mass is 9.85. The monoisotopic (exact) mass is 495 g/mol. The molecule has 2 heterocycles. The third kappa shape index (κ3) is 4.47. The summed E-state index contributed by atoms with van der Waals surface area (Å²) in [5.74, 6) is -4.36. The van der Waals surface area contributed by atoms with E-state index < -0.39 is 30.5 Å². The first-order valence-electron chi connectivity index (χ1n) is 11.6. The number of pyridine rings is 1. The van der Waals surface area contributed by atoms with Gasteiger partial charge in [0.1, 0.15) is 5.82 Å². The number of aryl methyl sites for hydroxylation is 2. The Balaban J connectivity index is 1.61. The minimum Gasteiger partial charge on any atom is -0.393 e. The highest BCUT2D eigenvalue weighted by atomic mass is 19.3. The van der Waals surface area contributed by atoms with Crippen LogP contribution in [0.4, 0.5) is 20.3 Å². The molecule has 0 bridgehead atoms. The second-order valence-electron chi connectivity index (χ2n) is 8.85. The predicted molar refractivity (Wildman–Crippen MR) is 131 cm³/mol. The molecule has 188 valence electrons. The number of carbonyl (C=O) groups is 2. The number of aromatic nitrogens is 1. The van der Waals surface area contributed by atoms with Crippen LogP contribution in [0.3, 0.4) is 0 Å². The molecule has 0 aliphatic carbocycles. The van der Waals surface area contributed by atoms with Gasteiger partial charge in [-0.1, -0.05) is 42.8 Å². The van der Waals surface area contributed by atoms with E-state index in [2.05, 4.69) is 10.3 Å². The highest BCUT2D eigenvalue weighted by molar-refractivity contribution is 6.07. The minimum absolute atomic E-state index is 0.0906. The molecule has 0 saturated heterocycles. The summed E-state index contributed by atoms with van der Waals surface area (Å²) in [7, 11) is 0. The van der Waals surface area contributed by atoms with Gasteiger partial charge < -0.3 is 20.4 Å². The van der Waals surface area contributed by atoms with Crippen molar-refractivity contribution in [2.24, 2.45) is 0 Å². The van der Waals surface area contributed by atoms with Crippen molar-refractivity contribution >= 4 is 23.3 Å². The Hall–Kier alpha value is -3.69. The van der Waals surface area contributed by atoms with Gasteiger partial charge in [0.2, 0.25) is 0 Å². The van der Waals surface area contributed by atoms with Gasteiger partial charge in [-0.15, -0.1) is 0 Å². The van der Waals surface area contributed by atoms with E-state index in [0.717, 1.165) is 10.5 Å². The average molecular weight is 496 g/mol. The first-order valence-corrected chi connectivity index (χ1v) is 11.6. The summed E-state index contributed by atoms with van der Waals surface area (Å²) < 4.78 is 29.9. The SMILES string of the molecule is CCc1ccccc1C(=O)Nc1ccc(C(=O)N2CCC(F)(F)[C@](O)(CO)c3cc(C)ccc32)cn1. The van der Waals surface area contributed by atoms with Crippen molar-refractivity contribution in [3.63, 3.8) is 0 Å². The molecule has 1 atom stereocenters. The van der Waals surface area contributed by atoms with E-state index in [4.69, 9.17) is 0 Å². The second-order valence-corrected chi connectivity index (χ2v) is 8.85. The van der Waals surface area contributed by atoms with Crippen molar-refractivity contribution in [2.75, 3.05) is 23.4 Å². The molecule has 1 aromatic heterocycles. The number of aliphatic hydroxyl groups excluding tert-OH is 1. The summed E-state index contributed by atoms with van der Waals surface area (Å²) >= 11 is 0. The number of nitrogens with zero attached hydrogens (tertiary/aromatic N) is 2. The van der Waals surface area contributed by atoms with E-state index in [9.17, 15) is 28.6 Å². The van der Waals surface area contributed by atoms with Gasteiger partial charge in [0, 0.05) is 30.3 Å². The molecule has 0 fully saturated rings. The molecule has 3 aromatic rings. The van der Waals surface area contributed by atoms with Gasteiger partial charge in [0.05, 0.1) is 17.9 Å². The number of alkyl halides is 2. The van der Waals surface area contributed by atoms with Crippen LogP contribution in [0.5, 0.6) is 0 Å². The summed E-state index contributed by atoms with van der Waals surface area (Å²) in [5.41, 5.74) is -0.833. The van der Waals surface area contributed by atoms with Crippen LogP contribution < -0.4 is 10.2 Å². The van der Waals surface area contributed by atoms with Crippen LogP contribution in [-0.2, 0) is 12.0 Å². The maximum atomic E-state index is 14.9. The van der Waals surface area contributed by atoms with Crippen LogP contribution in [-0.4, -0.2) is 46.1 Å². The third-order valence-electron chi connectivity index (χ3n) is 6.51. The minimum atomic E-state index is -3.67. The molecule has 7 nitrogen and oxygen atoms in total. The topological polar surface area (TPSA) is 103 Å². The normalized spacial score (nSPS) is 18.8. The van der Waals surface area contributed by atoms with Crippen LogP contribution >= 0.6 is 0 Å². The largest absolute Gasteiger partial charge is 0.393 e. The number of aliphatic hydroxyl groups is 2. The zero-order chi connectivity index (χ0) is 26.1. The molecule has 36 heavy (non-hydrogen) atoms. The van der Waals surface area contributed by atoms with Gasteiger partial charge in [-0.3, -0.25) is 9.59 Å². The summed E-state index contributed by atoms with van der Waals surface area (Å²) in [6.45, 7) is 2.04. The Bertz CT molecular complexity index is 1300. The van der Waals surface area contributed by atoms with Crippen molar-refractivity contribution in [2.45, 2.75) is 38.2 Å². The molecule has 1 aliphatic heterocycles. The van der Waals surface area contributed by atoms with Gasteiger partial charge in [-0.2, -0.15) is 0 Å². The number of hydrogen-bond donors (Lipinski definition) is 3. The summed E-state index contributed by atoms with van der Waals surface area (Å²) in [6, 6.07) is 14.6. The van der Waals surface area contributed by atoms with Crippen LogP contribution in [0.1, 0.15) is 50.8 Å². The van der Waals surface area contributed by atoms with E-state index in [1.54, 1.807) is 25.1 Å². The molecule has 4 rings (SSSR count). The van der Waals surface area contributed by atoms with E-state index in [1.807, 2.05) is 19.1 Å². The number of fused-ring (bicyclic) bond motifs is 1. The zero-order valence-corrected chi connectivity index (χ0v) is 20.0. The standard InChI is InChI=1S/C27H27F2N3O4/c1-3-18-6-4-5-7-20(18)24(34)31-23-11-9-19(15-30-23)25(35)32-13-12-27(28,29)26(36,16-33)21-14-17(2)8-10-22(21)32/h4-11,14-15,33,36H,3,12-13,16H2,1-2H3,(H,30,31,34)/t26-/m0/s1. The first-order chi connectivity index (χ1) is 17.1. The summed E-state index contributed by atoms with van der Waals surface area (Å²) in [6.07, 6.45) is 1.10. The predicted octanol–water partition coefficient (Wildman–Crippen LogP) is 4.07. The van der Waals surface area contributed by atoms with Crippen LogP contribution in [0.15, 0.2) is 60.8 Å². The Labute approximate surface area is 207 Å². The smallest absolute Gasteiger partial charge is 0.284 e. The van der Waals surface area contributed by atoms with Crippen LogP contribution in [0.2, 0.25) is 0 Å². The fourth-order valence-electron chi connectivity index (χ4n) is 4.39. The van der Waals surface area contributed by atoms with E-state index in [-0.39, 0.29) is 35.1 Å². The number of amides is 2.